The highest BCUT2D eigenvalue weighted by atomic mass is 31.2. The number of unbranched alkanes of at least 4 members (excludes halogenated alkanes) is 17. The third kappa shape index (κ3) is 29.5. The third-order valence-corrected chi connectivity index (χ3v) is 5.95. The van der Waals surface area contributed by atoms with Gasteiger partial charge in [-0.05, 0) is 6.42 Å². The number of methoxy groups -OCH3 is 1. The van der Waals surface area contributed by atoms with Crippen LogP contribution in [0.25, 0.3) is 0 Å². The van der Waals surface area contributed by atoms with Crippen molar-refractivity contribution in [3.63, 3.8) is 0 Å². The van der Waals surface area contributed by atoms with E-state index < -0.39 is 13.3 Å². The van der Waals surface area contributed by atoms with Gasteiger partial charge in [-0.3, -0.25) is 0 Å². The molecule has 0 aliphatic heterocycles. The number of aliphatic hydroxyl groups excluding tert-OH is 1. The number of hydrogen-bond acceptors (Lipinski definition) is 5. The van der Waals surface area contributed by atoms with E-state index in [4.69, 9.17) is 19.6 Å². The fourth-order valence-electron chi connectivity index (χ4n) is 3.39. The molecule has 32 heavy (non-hydrogen) atoms. The van der Waals surface area contributed by atoms with Gasteiger partial charge in [-0.2, -0.15) is 0 Å². The van der Waals surface area contributed by atoms with Crippen molar-refractivity contribution in [3.8, 4) is 0 Å². The Hall–Kier alpha value is -0.460. The number of carbonyl (C=O) groups is 1. The van der Waals surface area contributed by atoms with Gasteiger partial charge in [0.05, 0.1) is 20.3 Å². The van der Waals surface area contributed by atoms with Gasteiger partial charge in [0, 0.05) is 6.61 Å². The second-order valence-corrected chi connectivity index (χ2v) is 9.81. The van der Waals surface area contributed by atoms with Gasteiger partial charge in [-0.1, -0.05) is 116 Å². The summed E-state index contributed by atoms with van der Waals surface area (Å²) >= 11 is 0. The van der Waals surface area contributed by atoms with Gasteiger partial charge in [0.2, 0.25) is 0 Å². The Morgan fingerprint density at radius 3 is 1.25 bits per heavy atom. The van der Waals surface area contributed by atoms with Gasteiger partial charge < -0.3 is 24.4 Å². The minimum absolute atomic E-state index is 0.152. The number of aliphatic hydroxyl groups is 1. The molecule has 3 N–H and O–H groups in total. The summed E-state index contributed by atoms with van der Waals surface area (Å²) < 4.78 is 18.8. The van der Waals surface area contributed by atoms with Gasteiger partial charge in [0.1, 0.15) is 0 Å². The van der Waals surface area contributed by atoms with E-state index in [1.54, 1.807) is 0 Å². The number of carbonyl (C=O) groups excluding carboxylic acids is 1. The molecular weight excluding hydrogens is 431 g/mol. The Kier molecular flexibility index (Phi) is 28.2. The van der Waals surface area contributed by atoms with E-state index in [0.717, 1.165) is 20.1 Å². The van der Waals surface area contributed by atoms with Crippen LogP contribution in [0.4, 0.5) is 4.79 Å². The van der Waals surface area contributed by atoms with E-state index in [1.165, 1.54) is 109 Å². The van der Waals surface area contributed by atoms with Crippen molar-refractivity contribution in [2.45, 2.75) is 122 Å². The first-order valence-electron chi connectivity index (χ1n) is 12.7. The highest BCUT2D eigenvalue weighted by molar-refractivity contribution is 7.69. The summed E-state index contributed by atoms with van der Waals surface area (Å²) in [6.45, 7) is 3.76. The summed E-state index contributed by atoms with van der Waals surface area (Å²) in [6.07, 6.45) is 25.4. The van der Waals surface area contributed by atoms with Crippen molar-refractivity contribution in [2.24, 2.45) is 0 Å². The molecule has 194 valence electrons. The SMILES string of the molecule is CCCCCCCCCCCCCCCCCCCCOCCO.COC(=O)P(=O)(O)O. The molecule has 0 atom stereocenters. The molecule has 0 unspecified atom stereocenters. The Labute approximate surface area is 196 Å². The molecule has 0 aromatic carbocycles. The van der Waals surface area contributed by atoms with E-state index in [1.807, 2.05) is 0 Å². The van der Waals surface area contributed by atoms with Crippen LogP contribution in [0.5, 0.6) is 0 Å². The summed E-state index contributed by atoms with van der Waals surface area (Å²) in [5.41, 5.74) is -1.50. The van der Waals surface area contributed by atoms with E-state index in [2.05, 4.69) is 11.7 Å². The molecule has 0 rings (SSSR count). The standard InChI is InChI=1S/C22H46O2.C2H5O5P/c1-2-3-4-5-6-7-8-9-10-11-12-13-14-15-16-17-18-19-21-24-22-20-23;1-7-2(3)8(4,5)6/h23H,2-22H2,1H3;1H3,(H2,4,5,6). The fraction of sp³-hybridized carbons (Fsp3) is 0.958. The summed E-state index contributed by atoms with van der Waals surface area (Å²) in [5.74, 6) is 0. The molecule has 0 heterocycles. The molecule has 0 aliphatic carbocycles. The average molecular weight is 483 g/mol. The first-order chi connectivity index (χ1) is 15.4. The van der Waals surface area contributed by atoms with Crippen molar-refractivity contribution < 1.29 is 33.7 Å². The average Bonchev–Trinajstić information content (AvgIpc) is 2.77. The van der Waals surface area contributed by atoms with Crippen molar-refractivity contribution in [1.29, 1.82) is 0 Å². The van der Waals surface area contributed by atoms with E-state index in [-0.39, 0.29) is 6.61 Å². The molecule has 0 bridgehead atoms. The molecule has 0 aromatic rings. The topological polar surface area (TPSA) is 113 Å². The van der Waals surface area contributed by atoms with Crippen molar-refractivity contribution in [2.75, 3.05) is 26.9 Å². The minimum atomic E-state index is -4.62. The van der Waals surface area contributed by atoms with Crippen LogP contribution in [0.15, 0.2) is 0 Å². The summed E-state index contributed by atoms with van der Waals surface area (Å²) in [7, 11) is -3.71. The Balaban J connectivity index is 0. The van der Waals surface area contributed by atoms with Gasteiger partial charge >= 0.3 is 13.3 Å². The molecule has 0 saturated carbocycles. The highest BCUT2D eigenvalue weighted by Crippen LogP contribution is 2.36. The molecule has 0 radical (unpaired) electrons. The molecule has 0 spiro atoms. The number of hydrogen-bond donors (Lipinski definition) is 3. The zero-order chi connectivity index (χ0) is 24.3. The number of rotatable bonds is 22. The highest BCUT2D eigenvalue weighted by Gasteiger charge is 2.26. The lowest BCUT2D eigenvalue weighted by atomic mass is 10.0. The van der Waals surface area contributed by atoms with Crippen LogP contribution in [0.1, 0.15) is 122 Å². The van der Waals surface area contributed by atoms with Crippen LogP contribution in [0.2, 0.25) is 0 Å². The second kappa shape index (κ2) is 26.8. The predicted octanol–water partition coefficient (Wildman–Crippen LogP) is 6.97. The van der Waals surface area contributed by atoms with Gasteiger partial charge in [-0.25, -0.2) is 9.36 Å². The lowest BCUT2D eigenvalue weighted by Crippen LogP contribution is -2.00. The maximum Gasteiger partial charge on any atom is 0.433 e. The Bertz CT molecular complexity index is 405. The number of ether oxygens (including phenoxy) is 2. The minimum Gasteiger partial charge on any atom is -0.460 e. The van der Waals surface area contributed by atoms with E-state index in [0.29, 0.717) is 6.61 Å². The normalized spacial score (nSPS) is 11.2. The molecule has 0 aliphatic rings. The zero-order valence-corrected chi connectivity index (χ0v) is 21.7. The third-order valence-electron chi connectivity index (χ3n) is 5.29. The summed E-state index contributed by atoms with van der Waals surface area (Å²) in [6, 6.07) is 0. The maximum absolute atomic E-state index is 9.85. The van der Waals surface area contributed by atoms with Crippen LogP contribution >= 0.6 is 7.60 Å². The van der Waals surface area contributed by atoms with Crippen molar-refractivity contribution in [3.05, 3.63) is 0 Å². The summed E-state index contributed by atoms with van der Waals surface area (Å²) in [4.78, 5) is 25.7. The Morgan fingerprint density at radius 1 is 0.656 bits per heavy atom. The second-order valence-electron chi connectivity index (χ2n) is 8.36. The maximum atomic E-state index is 9.85. The molecular formula is C24H51O7P. The zero-order valence-electron chi connectivity index (χ0n) is 20.8. The molecule has 0 saturated heterocycles. The smallest absolute Gasteiger partial charge is 0.433 e. The monoisotopic (exact) mass is 482 g/mol. The van der Waals surface area contributed by atoms with Crippen LogP contribution in [-0.4, -0.2) is 47.5 Å². The predicted molar refractivity (Wildman–Crippen MR) is 131 cm³/mol. The molecule has 8 heteroatoms. The van der Waals surface area contributed by atoms with Crippen molar-refractivity contribution >= 4 is 13.3 Å². The first-order valence-corrected chi connectivity index (χ1v) is 14.3. The van der Waals surface area contributed by atoms with Gasteiger partial charge in [0.25, 0.3) is 0 Å². The Morgan fingerprint density at radius 2 is 1.00 bits per heavy atom. The largest absolute Gasteiger partial charge is 0.460 e. The van der Waals surface area contributed by atoms with Crippen LogP contribution in [0.3, 0.4) is 0 Å². The van der Waals surface area contributed by atoms with Crippen LogP contribution in [-0.2, 0) is 14.0 Å². The fourth-order valence-corrected chi connectivity index (χ4v) is 3.63. The summed E-state index contributed by atoms with van der Waals surface area (Å²) in [5, 5.41) is 8.59. The van der Waals surface area contributed by atoms with E-state index >= 15 is 0 Å². The lowest BCUT2D eigenvalue weighted by molar-refractivity contribution is 0.0895. The molecule has 0 aromatic heterocycles. The van der Waals surface area contributed by atoms with Crippen molar-refractivity contribution in [1.82, 2.24) is 0 Å². The van der Waals surface area contributed by atoms with Crippen LogP contribution in [0, 0.1) is 0 Å². The quantitative estimate of drug-likeness (QED) is 0.113. The molecule has 0 fully saturated rings. The lowest BCUT2D eigenvalue weighted by Gasteiger charge is -2.04. The van der Waals surface area contributed by atoms with Gasteiger partial charge in [-0.15, -0.1) is 0 Å². The van der Waals surface area contributed by atoms with Gasteiger partial charge in [0.15, 0.2) is 0 Å². The molecule has 7 nitrogen and oxygen atoms in total. The van der Waals surface area contributed by atoms with Crippen LogP contribution < -0.4 is 0 Å². The molecule has 0 amide bonds. The van der Waals surface area contributed by atoms with E-state index in [9.17, 15) is 9.36 Å². The first kappa shape index (κ1) is 33.7.